The maximum atomic E-state index is 11.4. The van der Waals surface area contributed by atoms with E-state index in [1.54, 1.807) is 24.3 Å². The van der Waals surface area contributed by atoms with Crippen LogP contribution in [0.15, 0.2) is 24.3 Å². The van der Waals surface area contributed by atoms with E-state index in [4.69, 9.17) is 11.6 Å². The molecule has 0 unspecified atom stereocenters. The molecule has 0 aromatic heterocycles. The topological polar surface area (TPSA) is 49.3 Å². The molecular formula is C11H14ClNO2. The number of rotatable bonds is 5. The Balaban J connectivity index is 2.41. The van der Waals surface area contributed by atoms with Gasteiger partial charge in [0.25, 0.3) is 0 Å². The first kappa shape index (κ1) is 11.9. The summed E-state index contributed by atoms with van der Waals surface area (Å²) in [6, 6.07) is 6.82. The van der Waals surface area contributed by atoms with E-state index in [-0.39, 0.29) is 18.1 Å². The Morgan fingerprint density at radius 1 is 1.40 bits per heavy atom. The van der Waals surface area contributed by atoms with Crippen LogP contribution in [0.1, 0.15) is 12.0 Å². The molecule has 1 amide bonds. The summed E-state index contributed by atoms with van der Waals surface area (Å²) in [5.74, 6) is 0.600. The van der Waals surface area contributed by atoms with E-state index in [2.05, 4.69) is 5.32 Å². The monoisotopic (exact) mass is 227 g/mol. The van der Waals surface area contributed by atoms with Gasteiger partial charge in [0, 0.05) is 18.0 Å². The lowest BCUT2D eigenvalue weighted by Gasteiger charge is -2.05. The number of phenols is 1. The lowest BCUT2D eigenvalue weighted by molar-refractivity contribution is -0.120. The van der Waals surface area contributed by atoms with Crippen LogP contribution in [-0.4, -0.2) is 23.4 Å². The van der Waals surface area contributed by atoms with Gasteiger partial charge in [0.1, 0.15) is 5.75 Å². The van der Waals surface area contributed by atoms with E-state index in [9.17, 15) is 9.90 Å². The van der Waals surface area contributed by atoms with Crippen LogP contribution in [0.25, 0.3) is 0 Å². The van der Waals surface area contributed by atoms with Crippen molar-refractivity contribution >= 4 is 17.5 Å². The molecule has 82 valence electrons. The molecule has 0 atom stereocenters. The highest BCUT2D eigenvalue weighted by atomic mass is 35.5. The number of carbonyl (C=O) groups excluding carboxylic acids is 1. The van der Waals surface area contributed by atoms with Crippen LogP contribution in [0.4, 0.5) is 0 Å². The minimum absolute atomic E-state index is 0.0957. The van der Waals surface area contributed by atoms with Crippen molar-refractivity contribution in [3.05, 3.63) is 29.8 Å². The van der Waals surface area contributed by atoms with Crippen molar-refractivity contribution < 1.29 is 9.90 Å². The Kier molecular flexibility index (Phi) is 4.98. The van der Waals surface area contributed by atoms with Crippen LogP contribution in [0.5, 0.6) is 5.75 Å². The van der Waals surface area contributed by atoms with Gasteiger partial charge in [-0.2, -0.15) is 0 Å². The van der Waals surface area contributed by atoms with Gasteiger partial charge in [0.2, 0.25) is 5.91 Å². The van der Waals surface area contributed by atoms with E-state index >= 15 is 0 Å². The second-order valence-corrected chi connectivity index (χ2v) is 3.58. The molecule has 0 aliphatic carbocycles. The van der Waals surface area contributed by atoms with Gasteiger partial charge in [-0.3, -0.25) is 4.79 Å². The number of halogens is 1. The van der Waals surface area contributed by atoms with E-state index in [0.29, 0.717) is 18.0 Å². The number of nitrogens with one attached hydrogen (secondary N) is 1. The average Bonchev–Trinajstić information content (AvgIpc) is 2.22. The molecule has 0 aliphatic rings. The van der Waals surface area contributed by atoms with E-state index in [0.717, 1.165) is 6.42 Å². The maximum absolute atomic E-state index is 11.4. The summed E-state index contributed by atoms with van der Waals surface area (Å²) < 4.78 is 0. The predicted octanol–water partition coefficient (Wildman–Crippen LogP) is 1.68. The Labute approximate surface area is 94.1 Å². The molecular weight excluding hydrogens is 214 g/mol. The van der Waals surface area contributed by atoms with Crippen LogP contribution in [0, 0.1) is 0 Å². The van der Waals surface area contributed by atoms with Crippen molar-refractivity contribution in [2.24, 2.45) is 0 Å². The first-order valence-corrected chi connectivity index (χ1v) is 5.37. The summed E-state index contributed by atoms with van der Waals surface area (Å²) in [6.45, 7) is 0.579. The smallest absolute Gasteiger partial charge is 0.224 e. The summed E-state index contributed by atoms with van der Waals surface area (Å²) >= 11 is 5.48. The largest absolute Gasteiger partial charge is 0.508 e. The van der Waals surface area contributed by atoms with Crippen LogP contribution >= 0.6 is 11.6 Å². The average molecular weight is 228 g/mol. The molecule has 1 rings (SSSR count). The van der Waals surface area contributed by atoms with Crippen molar-refractivity contribution in [1.29, 1.82) is 0 Å². The fourth-order valence-electron chi connectivity index (χ4n) is 1.19. The number of alkyl halides is 1. The molecule has 1 aromatic carbocycles. The van der Waals surface area contributed by atoms with Crippen LogP contribution < -0.4 is 5.32 Å². The zero-order valence-corrected chi connectivity index (χ0v) is 9.13. The second-order valence-electron chi connectivity index (χ2n) is 3.20. The third kappa shape index (κ3) is 4.21. The number of amides is 1. The van der Waals surface area contributed by atoms with E-state index in [1.807, 2.05) is 0 Å². The van der Waals surface area contributed by atoms with Crippen LogP contribution in [0.3, 0.4) is 0 Å². The SMILES string of the molecule is O=C(Cc1ccccc1O)NCCCCl. The lowest BCUT2D eigenvalue weighted by atomic mass is 10.1. The third-order valence-corrected chi connectivity index (χ3v) is 2.24. The van der Waals surface area contributed by atoms with Gasteiger partial charge in [-0.05, 0) is 12.5 Å². The molecule has 4 heteroatoms. The minimum atomic E-state index is -0.0957. The summed E-state index contributed by atoms with van der Waals surface area (Å²) in [4.78, 5) is 11.4. The van der Waals surface area contributed by atoms with Crippen LogP contribution in [-0.2, 0) is 11.2 Å². The molecule has 0 saturated carbocycles. The molecule has 0 bridgehead atoms. The second kappa shape index (κ2) is 6.30. The zero-order chi connectivity index (χ0) is 11.1. The molecule has 1 aromatic rings. The van der Waals surface area contributed by atoms with Crippen molar-refractivity contribution in [2.75, 3.05) is 12.4 Å². The number of aromatic hydroxyl groups is 1. The summed E-state index contributed by atoms with van der Waals surface area (Å²) in [7, 11) is 0. The first-order valence-electron chi connectivity index (χ1n) is 4.83. The molecule has 0 spiro atoms. The number of phenolic OH excluding ortho intramolecular Hbond substituents is 1. The van der Waals surface area contributed by atoms with E-state index in [1.165, 1.54) is 0 Å². The highest BCUT2D eigenvalue weighted by Gasteiger charge is 2.05. The number of benzene rings is 1. The van der Waals surface area contributed by atoms with E-state index < -0.39 is 0 Å². The first-order chi connectivity index (χ1) is 7.24. The van der Waals surface area contributed by atoms with Crippen molar-refractivity contribution in [3.8, 4) is 5.75 Å². The maximum Gasteiger partial charge on any atom is 0.224 e. The summed E-state index contributed by atoms with van der Waals surface area (Å²) in [5, 5.41) is 12.2. The summed E-state index contributed by atoms with van der Waals surface area (Å²) in [6.07, 6.45) is 0.961. The fourth-order valence-corrected chi connectivity index (χ4v) is 1.32. The predicted molar refractivity (Wildman–Crippen MR) is 60.2 cm³/mol. The molecule has 2 N–H and O–H groups in total. The number of para-hydroxylation sites is 1. The van der Waals surface area contributed by atoms with Crippen molar-refractivity contribution in [1.82, 2.24) is 5.32 Å². The Morgan fingerprint density at radius 3 is 2.80 bits per heavy atom. The molecule has 15 heavy (non-hydrogen) atoms. The number of hydrogen-bond donors (Lipinski definition) is 2. The third-order valence-electron chi connectivity index (χ3n) is 1.98. The van der Waals surface area contributed by atoms with Gasteiger partial charge < -0.3 is 10.4 Å². The molecule has 0 radical (unpaired) electrons. The zero-order valence-electron chi connectivity index (χ0n) is 8.37. The lowest BCUT2D eigenvalue weighted by Crippen LogP contribution is -2.26. The van der Waals surface area contributed by atoms with Gasteiger partial charge in [-0.15, -0.1) is 11.6 Å². The fraction of sp³-hybridized carbons (Fsp3) is 0.364. The van der Waals surface area contributed by atoms with Gasteiger partial charge in [0.05, 0.1) is 6.42 Å². The molecule has 0 aliphatic heterocycles. The standard InChI is InChI=1S/C11H14ClNO2/c12-6-3-7-13-11(15)8-9-4-1-2-5-10(9)14/h1-2,4-5,14H,3,6-8H2,(H,13,15). The highest BCUT2D eigenvalue weighted by Crippen LogP contribution is 2.15. The summed E-state index contributed by atoms with van der Waals surface area (Å²) in [5.41, 5.74) is 0.640. The Hall–Kier alpha value is -1.22. The van der Waals surface area contributed by atoms with Gasteiger partial charge >= 0.3 is 0 Å². The van der Waals surface area contributed by atoms with Gasteiger partial charge in [0.15, 0.2) is 0 Å². The van der Waals surface area contributed by atoms with Crippen molar-refractivity contribution in [3.63, 3.8) is 0 Å². The Bertz CT molecular complexity index is 328. The normalized spacial score (nSPS) is 9.93. The number of carbonyl (C=O) groups is 1. The quantitative estimate of drug-likeness (QED) is 0.594. The van der Waals surface area contributed by atoms with Gasteiger partial charge in [-0.25, -0.2) is 0 Å². The molecule has 0 heterocycles. The van der Waals surface area contributed by atoms with Gasteiger partial charge in [-0.1, -0.05) is 18.2 Å². The van der Waals surface area contributed by atoms with Crippen LogP contribution in [0.2, 0.25) is 0 Å². The minimum Gasteiger partial charge on any atom is -0.508 e. The Morgan fingerprint density at radius 2 is 2.13 bits per heavy atom. The molecule has 0 saturated heterocycles. The molecule has 3 nitrogen and oxygen atoms in total. The highest BCUT2D eigenvalue weighted by molar-refractivity contribution is 6.17. The van der Waals surface area contributed by atoms with Crippen molar-refractivity contribution in [2.45, 2.75) is 12.8 Å². The molecule has 0 fully saturated rings. The number of hydrogen-bond acceptors (Lipinski definition) is 2.